The third kappa shape index (κ3) is 4.65. The molecular formula is C13H15N3OS2. The van der Waals surface area contributed by atoms with Crippen LogP contribution in [-0.2, 0) is 11.2 Å². The maximum absolute atomic E-state index is 11.9. The Morgan fingerprint density at radius 3 is 2.89 bits per heavy atom. The van der Waals surface area contributed by atoms with Crippen molar-refractivity contribution in [2.24, 2.45) is 0 Å². The first-order chi connectivity index (χ1) is 9.25. The first kappa shape index (κ1) is 14.0. The number of carbonyl (C=O) groups is 1. The maximum atomic E-state index is 11.9. The highest BCUT2D eigenvalue weighted by Gasteiger charge is 2.15. The van der Waals surface area contributed by atoms with Gasteiger partial charge >= 0.3 is 0 Å². The van der Waals surface area contributed by atoms with Gasteiger partial charge in [0.15, 0.2) is 4.34 Å². The van der Waals surface area contributed by atoms with Crippen molar-refractivity contribution in [3.05, 3.63) is 41.4 Å². The van der Waals surface area contributed by atoms with Crippen LogP contribution in [-0.4, -0.2) is 27.9 Å². The van der Waals surface area contributed by atoms with Gasteiger partial charge < -0.3 is 5.32 Å². The Morgan fingerprint density at radius 1 is 1.42 bits per heavy atom. The number of aromatic nitrogens is 2. The predicted octanol–water partition coefficient (Wildman–Crippen LogP) is 2.38. The molecule has 0 aliphatic carbocycles. The molecule has 2 aromatic rings. The molecule has 0 aliphatic rings. The zero-order chi connectivity index (χ0) is 13.5. The summed E-state index contributed by atoms with van der Waals surface area (Å²) in [5, 5.41) is 10.5. The van der Waals surface area contributed by atoms with Crippen molar-refractivity contribution in [1.82, 2.24) is 15.5 Å². The van der Waals surface area contributed by atoms with Crippen molar-refractivity contribution in [1.29, 1.82) is 0 Å². The molecule has 1 aromatic heterocycles. The largest absolute Gasteiger partial charge is 0.355 e. The van der Waals surface area contributed by atoms with E-state index in [1.54, 1.807) is 5.51 Å². The second kappa shape index (κ2) is 7.25. The van der Waals surface area contributed by atoms with Gasteiger partial charge in [-0.1, -0.05) is 53.4 Å². The molecule has 1 unspecified atom stereocenters. The Morgan fingerprint density at radius 2 is 2.21 bits per heavy atom. The summed E-state index contributed by atoms with van der Waals surface area (Å²) in [5.41, 5.74) is 2.90. The lowest BCUT2D eigenvalue weighted by Gasteiger charge is -2.10. The van der Waals surface area contributed by atoms with Crippen LogP contribution in [0.2, 0.25) is 0 Å². The molecule has 0 aliphatic heterocycles. The second-order valence-electron chi connectivity index (χ2n) is 3.99. The zero-order valence-corrected chi connectivity index (χ0v) is 12.2. The van der Waals surface area contributed by atoms with Gasteiger partial charge in [-0.05, 0) is 18.9 Å². The first-order valence-corrected chi connectivity index (χ1v) is 7.76. The fourth-order valence-corrected chi connectivity index (χ4v) is 3.19. The fourth-order valence-electron chi connectivity index (χ4n) is 1.54. The van der Waals surface area contributed by atoms with E-state index in [1.165, 1.54) is 28.7 Å². The van der Waals surface area contributed by atoms with Crippen LogP contribution in [0.15, 0.2) is 40.2 Å². The van der Waals surface area contributed by atoms with Gasteiger partial charge in [0.1, 0.15) is 5.51 Å². The minimum Gasteiger partial charge on any atom is -0.355 e. The topological polar surface area (TPSA) is 54.9 Å². The summed E-state index contributed by atoms with van der Waals surface area (Å²) < 4.78 is 0.825. The first-order valence-electron chi connectivity index (χ1n) is 6.00. The highest BCUT2D eigenvalue weighted by Crippen LogP contribution is 2.23. The van der Waals surface area contributed by atoms with E-state index in [-0.39, 0.29) is 11.2 Å². The third-order valence-electron chi connectivity index (χ3n) is 2.54. The SMILES string of the molecule is CC(Sc1nncs1)C(=O)NCCc1ccccc1. The van der Waals surface area contributed by atoms with Crippen LogP contribution in [0, 0.1) is 0 Å². The van der Waals surface area contributed by atoms with Gasteiger partial charge in [-0.3, -0.25) is 4.79 Å². The van der Waals surface area contributed by atoms with Gasteiger partial charge in [0.05, 0.1) is 5.25 Å². The molecule has 0 bridgehead atoms. The molecular weight excluding hydrogens is 278 g/mol. The van der Waals surface area contributed by atoms with Gasteiger partial charge in [-0.2, -0.15) is 0 Å². The van der Waals surface area contributed by atoms with E-state index in [0.29, 0.717) is 6.54 Å². The van der Waals surface area contributed by atoms with Crippen LogP contribution in [0.5, 0.6) is 0 Å². The molecule has 1 amide bonds. The molecule has 0 saturated carbocycles. The Hall–Kier alpha value is -1.40. The Bertz CT molecular complexity index is 502. The lowest BCUT2D eigenvalue weighted by atomic mass is 10.1. The molecule has 100 valence electrons. The van der Waals surface area contributed by atoms with Crippen LogP contribution in [0.1, 0.15) is 12.5 Å². The standard InChI is InChI=1S/C13H15N3OS2/c1-10(19-13-16-15-9-18-13)12(17)14-8-7-11-5-3-2-4-6-11/h2-6,9-10H,7-8H2,1H3,(H,14,17). The minimum absolute atomic E-state index is 0.0381. The molecule has 0 spiro atoms. The molecule has 0 radical (unpaired) electrons. The van der Waals surface area contributed by atoms with Crippen molar-refractivity contribution in [3.63, 3.8) is 0 Å². The number of amides is 1. The quantitative estimate of drug-likeness (QED) is 0.831. The van der Waals surface area contributed by atoms with Crippen LogP contribution in [0.4, 0.5) is 0 Å². The highest BCUT2D eigenvalue weighted by atomic mass is 32.2. The molecule has 0 fully saturated rings. The van der Waals surface area contributed by atoms with Crippen LogP contribution in [0.3, 0.4) is 0 Å². The van der Waals surface area contributed by atoms with Gasteiger partial charge in [-0.15, -0.1) is 10.2 Å². The van der Waals surface area contributed by atoms with E-state index in [1.807, 2.05) is 25.1 Å². The summed E-state index contributed by atoms with van der Waals surface area (Å²) in [5.74, 6) is 0.0381. The van der Waals surface area contributed by atoms with Crippen LogP contribution in [0.25, 0.3) is 0 Å². The molecule has 1 heterocycles. The summed E-state index contributed by atoms with van der Waals surface area (Å²) in [6, 6.07) is 10.1. The number of nitrogens with zero attached hydrogens (tertiary/aromatic N) is 2. The molecule has 19 heavy (non-hydrogen) atoms. The van der Waals surface area contributed by atoms with E-state index in [2.05, 4.69) is 27.6 Å². The average molecular weight is 293 g/mol. The van der Waals surface area contributed by atoms with E-state index in [0.717, 1.165) is 10.8 Å². The molecule has 4 nitrogen and oxygen atoms in total. The Kier molecular flexibility index (Phi) is 5.35. The number of carbonyl (C=O) groups excluding carboxylic acids is 1. The van der Waals surface area contributed by atoms with Gasteiger partial charge in [-0.25, -0.2) is 0 Å². The molecule has 2 rings (SSSR count). The summed E-state index contributed by atoms with van der Waals surface area (Å²) in [6.07, 6.45) is 0.850. The van der Waals surface area contributed by atoms with E-state index in [4.69, 9.17) is 0 Å². The lowest BCUT2D eigenvalue weighted by Crippen LogP contribution is -2.32. The molecule has 1 N–H and O–H groups in total. The highest BCUT2D eigenvalue weighted by molar-refractivity contribution is 8.02. The monoisotopic (exact) mass is 293 g/mol. The Labute approximate surface area is 120 Å². The number of hydrogen-bond donors (Lipinski definition) is 1. The van der Waals surface area contributed by atoms with Crippen LogP contribution >= 0.6 is 23.1 Å². The predicted molar refractivity (Wildman–Crippen MR) is 78.4 cm³/mol. The van der Waals surface area contributed by atoms with Crippen LogP contribution < -0.4 is 5.32 Å². The van der Waals surface area contributed by atoms with Crippen molar-refractivity contribution < 1.29 is 4.79 Å². The number of hydrogen-bond acceptors (Lipinski definition) is 5. The minimum atomic E-state index is -0.149. The molecule has 0 saturated heterocycles. The normalized spacial score (nSPS) is 12.1. The lowest BCUT2D eigenvalue weighted by molar-refractivity contribution is -0.120. The van der Waals surface area contributed by atoms with Crippen molar-refractivity contribution in [2.75, 3.05) is 6.54 Å². The average Bonchev–Trinajstić information content (AvgIpc) is 2.92. The van der Waals surface area contributed by atoms with Gasteiger partial charge in [0.2, 0.25) is 5.91 Å². The summed E-state index contributed by atoms with van der Waals surface area (Å²) >= 11 is 2.89. The molecule has 1 atom stereocenters. The van der Waals surface area contributed by atoms with E-state index < -0.39 is 0 Å². The summed E-state index contributed by atoms with van der Waals surface area (Å²) in [4.78, 5) is 11.9. The van der Waals surface area contributed by atoms with Crippen molar-refractivity contribution >= 4 is 29.0 Å². The smallest absolute Gasteiger partial charge is 0.233 e. The third-order valence-corrected chi connectivity index (χ3v) is 4.45. The molecule has 1 aromatic carbocycles. The Balaban J connectivity index is 1.72. The number of nitrogens with one attached hydrogen (secondary N) is 1. The van der Waals surface area contributed by atoms with E-state index in [9.17, 15) is 4.79 Å². The maximum Gasteiger partial charge on any atom is 0.233 e. The number of benzene rings is 1. The molecule has 6 heteroatoms. The van der Waals surface area contributed by atoms with Gasteiger partial charge in [0, 0.05) is 6.54 Å². The fraction of sp³-hybridized carbons (Fsp3) is 0.308. The summed E-state index contributed by atoms with van der Waals surface area (Å²) in [6.45, 7) is 2.54. The second-order valence-corrected chi connectivity index (χ2v) is 6.41. The summed E-state index contributed by atoms with van der Waals surface area (Å²) in [7, 11) is 0. The van der Waals surface area contributed by atoms with Crippen molar-refractivity contribution in [3.8, 4) is 0 Å². The van der Waals surface area contributed by atoms with Gasteiger partial charge in [0.25, 0.3) is 0 Å². The number of thioether (sulfide) groups is 1. The number of rotatable bonds is 6. The van der Waals surface area contributed by atoms with E-state index >= 15 is 0 Å². The zero-order valence-electron chi connectivity index (χ0n) is 10.6. The van der Waals surface area contributed by atoms with Crippen molar-refractivity contribution in [2.45, 2.75) is 22.9 Å².